The number of amides is 6. The Hall–Kier alpha value is -5.87. The van der Waals surface area contributed by atoms with Crippen LogP contribution in [0.2, 0.25) is 0 Å². The second-order valence-electron chi connectivity index (χ2n) is 20.6. The van der Waals surface area contributed by atoms with Crippen molar-refractivity contribution >= 4 is 58.5 Å². The number of hydrogen-bond donors (Lipinski definition) is 4. The number of nitrogens with zero attached hydrogens (tertiary/aromatic N) is 4. The number of urea groups is 1. The van der Waals surface area contributed by atoms with Crippen LogP contribution in [0.25, 0.3) is 0 Å². The number of aromatic nitrogens is 2. The largest absolute Gasteiger partial charge is 0.351 e. The van der Waals surface area contributed by atoms with Gasteiger partial charge in [0, 0.05) is 82.8 Å². The second kappa shape index (κ2) is 25.7. The summed E-state index contributed by atoms with van der Waals surface area (Å²) in [6.07, 6.45) is 12.6. The predicted molar refractivity (Wildman–Crippen MR) is 259 cm³/mol. The Balaban J connectivity index is 1.31. The van der Waals surface area contributed by atoms with Gasteiger partial charge in [-0.3, -0.25) is 43.3 Å². The van der Waals surface area contributed by atoms with Crippen LogP contribution in [0, 0.1) is 35.0 Å². The van der Waals surface area contributed by atoms with E-state index < -0.39 is 82.4 Å². The van der Waals surface area contributed by atoms with Gasteiger partial charge in [0.2, 0.25) is 23.5 Å². The summed E-state index contributed by atoms with van der Waals surface area (Å²) in [6, 6.07) is 5.78. The lowest BCUT2D eigenvalue weighted by Crippen LogP contribution is -2.51. The van der Waals surface area contributed by atoms with Crippen LogP contribution in [0.5, 0.6) is 0 Å². The fourth-order valence-electron chi connectivity index (χ4n) is 10.1. The average Bonchev–Trinajstić information content (AvgIpc) is 3.77. The molecule has 2 aromatic rings. The molecule has 2 heterocycles. The molecule has 6 amide bonds. The summed E-state index contributed by atoms with van der Waals surface area (Å²) in [6.45, 7) is 7.22. The minimum atomic E-state index is -0.999. The molecule has 3 aliphatic rings. The molecule has 4 N–H and O–H groups in total. The highest BCUT2D eigenvalue weighted by Crippen LogP contribution is 2.34. The standard InChI is InChI=1S/C52H74N8O9/c1-7-17-35(47(65)41(61)24-25-44(64)57-46(50(68)59(5)6)34-20-13-9-14-21-34)28-42(62)37-31-60(51(69)55-36-22-15-10-16-23-36)32-40(37)56-48(66)38(52(2,3)4)29-43(63)45(33-18-11-8-12-19-33)58-49(67)39-30-53-26-27-54-39/h10,15-16,22-23,26-27,30,33-35,37-38,40,45-46H,7-9,11-14,17-21,24-25,28-29,31-32H2,1-6H3,(H,55,69)(H,56,66)(H,57,64)(H,58,67)/t35-,37-,38-,40+,45+,46+/m1/s1. The lowest BCUT2D eigenvalue weighted by Gasteiger charge is -2.34. The Morgan fingerprint density at radius 3 is 2.00 bits per heavy atom. The van der Waals surface area contributed by atoms with E-state index in [1.807, 2.05) is 27.7 Å². The monoisotopic (exact) mass is 955 g/mol. The van der Waals surface area contributed by atoms with Gasteiger partial charge in [0.15, 0.2) is 11.6 Å². The van der Waals surface area contributed by atoms with E-state index in [-0.39, 0.29) is 74.4 Å². The molecule has 69 heavy (non-hydrogen) atoms. The highest BCUT2D eigenvalue weighted by Gasteiger charge is 2.45. The third-order valence-corrected chi connectivity index (χ3v) is 14.1. The van der Waals surface area contributed by atoms with Crippen LogP contribution in [0.4, 0.5) is 10.5 Å². The van der Waals surface area contributed by atoms with Crippen LogP contribution in [0.1, 0.15) is 141 Å². The Morgan fingerprint density at radius 2 is 1.42 bits per heavy atom. The fourth-order valence-corrected chi connectivity index (χ4v) is 10.1. The van der Waals surface area contributed by atoms with Gasteiger partial charge in [-0.15, -0.1) is 0 Å². The predicted octanol–water partition coefficient (Wildman–Crippen LogP) is 5.87. The molecule has 6 atom stereocenters. The number of benzene rings is 1. The van der Waals surface area contributed by atoms with Crippen molar-refractivity contribution in [3.8, 4) is 0 Å². The number of ketones is 4. The van der Waals surface area contributed by atoms with Gasteiger partial charge in [-0.05, 0) is 61.5 Å². The normalized spacial score (nSPS) is 19.5. The van der Waals surface area contributed by atoms with Gasteiger partial charge < -0.3 is 31.1 Å². The van der Waals surface area contributed by atoms with Crippen LogP contribution >= 0.6 is 0 Å². The molecule has 0 radical (unpaired) electrons. The molecule has 17 nitrogen and oxygen atoms in total. The first kappa shape index (κ1) is 54.1. The van der Waals surface area contributed by atoms with Crippen LogP contribution in [-0.2, 0) is 33.6 Å². The maximum Gasteiger partial charge on any atom is 0.321 e. The number of para-hydroxylation sites is 1. The summed E-state index contributed by atoms with van der Waals surface area (Å²) in [5.41, 5.74) is -0.165. The smallest absolute Gasteiger partial charge is 0.321 e. The van der Waals surface area contributed by atoms with Crippen molar-refractivity contribution in [2.24, 2.45) is 35.0 Å². The number of anilines is 1. The third kappa shape index (κ3) is 15.6. The van der Waals surface area contributed by atoms with Crippen molar-refractivity contribution in [2.45, 2.75) is 149 Å². The zero-order chi connectivity index (χ0) is 50.3. The third-order valence-electron chi connectivity index (χ3n) is 14.1. The molecular weight excluding hydrogens is 881 g/mol. The number of likely N-dealkylation sites (tertiary alicyclic amines) is 1. The van der Waals surface area contributed by atoms with Crippen molar-refractivity contribution in [3.63, 3.8) is 0 Å². The SMILES string of the molecule is CCC[C@H](CC(=O)[C@@H]1CN(C(=O)Nc2ccccc2)C[C@@H]1NC(=O)[C@@H](CC(=O)[C@@H](NC(=O)c1cnccn1)C1CCCCC1)C(C)(C)C)C(=O)C(=O)CCC(=O)N[C@H](C(=O)N(C)C)C1CCCCC1. The van der Waals surface area contributed by atoms with E-state index in [4.69, 9.17) is 0 Å². The van der Waals surface area contributed by atoms with Gasteiger partial charge in [0.05, 0.1) is 24.2 Å². The minimum absolute atomic E-state index is 0.0182. The highest BCUT2D eigenvalue weighted by molar-refractivity contribution is 6.38. The van der Waals surface area contributed by atoms with Gasteiger partial charge in [-0.1, -0.05) is 90.8 Å². The topological polar surface area (TPSA) is 234 Å². The average molecular weight is 955 g/mol. The molecule has 1 aromatic carbocycles. The molecule has 1 saturated heterocycles. The number of carbonyl (C=O) groups is 9. The molecule has 1 aliphatic heterocycles. The van der Waals surface area contributed by atoms with Crippen LogP contribution in [-0.4, -0.2) is 118 Å². The Morgan fingerprint density at radius 1 is 0.783 bits per heavy atom. The number of hydrogen-bond acceptors (Lipinski definition) is 11. The number of rotatable bonds is 22. The maximum absolute atomic E-state index is 14.6. The summed E-state index contributed by atoms with van der Waals surface area (Å²) < 4.78 is 0. The van der Waals surface area contributed by atoms with Crippen molar-refractivity contribution in [3.05, 3.63) is 54.6 Å². The van der Waals surface area contributed by atoms with Crippen molar-refractivity contribution in [1.29, 1.82) is 0 Å². The number of nitrogens with one attached hydrogen (secondary N) is 4. The van der Waals surface area contributed by atoms with Gasteiger partial charge in [-0.2, -0.15) is 0 Å². The van der Waals surface area contributed by atoms with E-state index in [0.717, 1.165) is 64.2 Å². The van der Waals surface area contributed by atoms with E-state index in [9.17, 15) is 43.2 Å². The Bertz CT molecular complexity index is 2120. The molecule has 1 aromatic heterocycles. The summed E-state index contributed by atoms with van der Waals surface area (Å²) in [7, 11) is 3.26. The molecule has 2 saturated carbocycles. The number of carbonyl (C=O) groups excluding carboxylic acids is 9. The molecule has 17 heteroatoms. The van der Waals surface area contributed by atoms with Gasteiger partial charge >= 0.3 is 6.03 Å². The van der Waals surface area contributed by atoms with Crippen LogP contribution < -0.4 is 21.3 Å². The van der Waals surface area contributed by atoms with E-state index in [1.54, 1.807) is 44.4 Å². The van der Waals surface area contributed by atoms with E-state index in [2.05, 4.69) is 31.2 Å². The number of likely N-dealkylation sites (N-methyl/N-ethyl adjacent to an activating group) is 1. The highest BCUT2D eigenvalue weighted by atomic mass is 16.2. The van der Waals surface area contributed by atoms with Crippen molar-refractivity contribution < 1.29 is 43.2 Å². The zero-order valence-corrected chi connectivity index (χ0v) is 41.4. The minimum Gasteiger partial charge on any atom is -0.351 e. The molecule has 0 bridgehead atoms. The second-order valence-corrected chi connectivity index (χ2v) is 20.6. The molecule has 2 aliphatic carbocycles. The van der Waals surface area contributed by atoms with Crippen molar-refractivity contribution in [2.75, 3.05) is 32.5 Å². The maximum atomic E-state index is 14.6. The zero-order valence-electron chi connectivity index (χ0n) is 41.4. The first-order chi connectivity index (χ1) is 32.9. The fraction of sp³-hybridized carbons (Fsp3) is 0.635. The molecule has 5 rings (SSSR count). The van der Waals surface area contributed by atoms with Gasteiger partial charge in [-0.25, -0.2) is 9.78 Å². The molecule has 0 unspecified atom stereocenters. The van der Waals surface area contributed by atoms with E-state index >= 15 is 0 Å². The summed E-state index contributed by atoms with van der Waals surface area (Å²) in [5, 5.41) is 11.6. The van der Waals surface area contributed by atoms with Crippen LogP contribution in [0.15, 0.2) is 48.9 Å². The first-order valence-electron chi connectivity index (χ1n) is 25.0. The summed E-state index contributed by atoms with van der Waals surface area (Å²) in [5.74, 6) is -7.06. The Kier molecular flexibility index (Phi) is 20.1. The first-order valence-corrected chi connectivity index (χ1v) is 25.0. The Labute approximate surface area is 406 Å². The summed E-state index contributed by atoms with van der Waals surface area (Å²) in [4.78, 5) is 135. The lowest BCUT2D eigenvalue weighted by atomic mass is 9.74. The molecular formula is C52H74N8O9. The summed E-state index contributed by atoms with van der Waals surface area (Å²) >= 11 is 0. The lowest BCUT2D eigenvalue weighted by molar-refractivity contribution is -0.141. The molecule has 3 fully saturated rings. The molecule has 376 valence electrons. The number of Topliss-reactive ketones (excluding diaryl/α,β-unsaturated/α-hetero) is 4. The molecule has 0 spiro atoms. The van der Waals surface area contributed by atoms with Crippen LogP contribution in [0.3, 0.4) is 0 Å². The van der Waals surface area contributed by atoms with Gasteiger partial charge in [0.1, 0.15) is 17.5 Å². The van der Waals surface area contributed by atoms with E-state index in [0.29, 0.717) is 12.1 Å². The van der Waals surface area contributed by atoms with E-state index in [1.165, 1.54) is 28.4 Å². The van der Waals surface area contributed by atoms with Gasteiger partial charge in [0.25, 0.3) is 5.91 Å². The van der Waals surface area contributed by atoms with Crippen molar-refractivity contribution in [1.82, 2.24) is 35.7 Å². The quantitative estimate of drug-likeness (QED) is 0.102.